The molecule has 0 spiro atoms. The summed E-state index contributed by atoms with van der Waals surface area (Å²) in [6.07, 6.45) is 1.75. The van der Waals surface area contributed by atoms with E-state index >= 15 is 0 Å². The molecule has 1 amide bonds. The van der Waals surface area contributed by atoms with Crippen LogP contribution in [0.3, 0.4) is 0 Å². The molecule has 11 nitrogen and oxygen atoms in total. The molecule has 2 aromatic heterocycles. The molecule has 0 aliphatic carbocycles. The fourth-order valence-electron chi connectivity index (χ4n) is 5.07. The van der Waals surface area contributed by atoms with Gasteiger partial charge in [-0.15, -0.1) is 5.10 Å². The summed E-state index contributed by atoms with van der Waals surface area (Å²) in [6, 6.07) is 19.3. The molecule has 2 aliphatic rings. The zero-order valence-electron chi connectivity index (χ0n) is 22.5. The smallest absolute Gasteiger partial charge is 0.247 e. The number of nitrogens with zero attached hydrogens (tertiary/aromatic N) is 6. The number of sulfone groups is 1. The fraction of sp³-hybridized carbons (Fsp3) is 0.321. The average molecular weight is 561 g/mol. The van der Waals surface area contributed by atoms with Crippen LogP contribution in [-0.2, 0) is 21.2 Å². The zero-order chi connectivity index (χ0) is 27.9. The standard InChI is InChI=1S/C28H32N8O3S/c1-33-12-14-34(15-13-33)23-16-22(17-24(18-23)40(2,38)39)29-28-30-26-5-3-4-25(36(26)32-28)21-8-6-20(7-9-21)19-35-11-10-27(37)31-35/h3-9,16-18H,10-15,19H2,1-2H3,(H,29,32)(H,31,37). The van der Waals surface area contributed by atoms with Crippen molar-refractivity contribution in [3.05, 3.63) is 66.2 Å². The molecule has 4 aromatic rings. The van der Waals surface area contributed by atoms with Crippen LogP contribution in [0.25, 0.3) is 16.9 Å². The molecule has 2 fully saturated rings. The minimum atomic E-state index is -3.42. The van der Waals surface area contributed by atoms with Crippen molar-refractivity contribution in [1.29, 1.82) is 0 Å². The monoisotopic (exact) mass is 560 g/mol. The van der Waals surface area contributed by atoms with Gasteiger partial charge in [-0.05, 0) is 42.9 Å². The maximum absolute atomic E-state index is 12.5. The van der Waals surface area contributed by atoms with Gasteiger partial charge >= 0.3 is 0 Å². The number of amides is 1. The third-order valence-electron chi connectivity index (χ3n) is 7.32. The second-order valence-electron chi connectivity index (χ2n) is 10.4. The Labute approximate surface area is 233 Å². The Kier molecular flexibility index (Phi) is 6.90. The van der Waals surface area contributed by atoms with E-state index in [1.165, 1.54) is 6.26 Å². The maximum atomic E-state index is 12.5. The van der Waals surface area contributed by atoms with E-state index in [0.717, 1.165) is 48.7 Å². The van der Waals surface area contributed by atoms with Crippen molar-refractivity contribution in [2.45, 2.75) is 17.9 Å². The van der Waals surface area contributed by atoms with Gasteiger partial charge in [-0.3, -0.25) is 10.2 Å². The summed E-state index contributed by atoms with van der Waals surface area (Å²) in [4.78, 5) is 20.9. The molecule has 12 heteroatoms. The van der Waals surface area contributed by atoms with Crippen molar-refractivity contribution in [1.82, 2.24) is 29.9 Å². The topological polar surface area (TPSA) is 115 Å². The molecule has 4 heterocycles. The van der Waals surface area contributed by atoms with Gasteiger partial charge < -0.3 is 15.1 Å². The SMILES string of the molecule is CN1CCN(c2cc(Nc3nc4cccc(-c5ccc(CN6CCC(=O)N6)cc5)n4n3)cc(S(C)(=O)=O)c2)CC1. The molecule has 0 radical (unpaired) electrons. The lowest BCUT2D eigenvalue weighted by molar-refractivity contribution is -0.121. The van der Waals surface area contributed by atoms with E-state index in [9.17, 15) is 13.2 Å². The Hall–Kier alpha value is -4.00. The molecule has 6 rings (SSSR count). The highest BCUT2D eigenvalue weighted by Gasteiger charge is 2.20. The number of fused-ring (bicyclic) bond motifs is 1. The summed E-state index contributed by atoms with van der Waals surface area (Å²) in [6.45, 7) is 4.83. The summed E-state index contributed by atoms with van der Waals surface area (Å²) in [5, 5.41) is 9.87. The fourth-order valence-corrected chi connectivity index (χ4v) is 5.74. The first-order valence-electron chi connectivity index (χ1n) is 13.3. The Morgan fingerprint density at radius 2 is 1.75 bits per heavy atom. The lowest BCUT2D eigenvalue weighted by atomic mass is 10.1. The predicted octanol–water partition coefficient (Wildman–Crippen LogP) is 2.53. The second kappa shape index (κ2) is 10.5. The van der Waals surface area contributed by atoms with Gasteiger partial charge in [0.15, 0.2) is 15.5 Å². The van der Waals surface area contributed by atoms with Gasteiger partial charge in [0.2, 0.25) is 11.9 Å². The van der Waals surface area contributed by atoms with Crippen molar-refractivity contribution >= 4 is 38.7 Å². The number of likely N-dealkylation sites (N-methyl/N-ethyl adjacent to an activating group) is 1. The summed E-state index contributed by atoms with van der Waals surface area (Å²) < 4.78 is 26.8. The van der Waals surface area contributed by atoms with Crippen LogP contribution in [0.2, 0.25) is 0 Å². The van der Waals surface area contributed by atoms with Gasteiger partial charge in [-0.1, -0.05) is 30.3 Å². The molecule has 2 N–H and O–H groups in total. The lowest BCUT2D eigenvalue weighted by Crippen LogP contribution is -2.44. The van der Waals surface area contributed by atoms with E-state index in [4.69, 9.17) is 5.10 Å². The number of pyridine rings is 1. The normalized spacial score (nSPS) is 16.9. The molecule has 0 saturated carbocycles. The number of carbonyl (C=O) groups is 1. The first-order chi connectivity index (χ1) is 19.2. The number of aromatic nitrogens is 3. The number of piperazine rings is 1. The summed E-state index contributed by atoms with van der Waals surface area (Å²) >= 11 is 0. The van der Waals surface area contributed by atoms with Crippen LogP contribution in [0.1, 0.15) is 12.0 Å². The van der Waals surface area contributed by atoms with Gasteiger partial charge in [-0.25, -0.2) is 17.9 Å². The minimum absolute atomic E-state index is 0.0532. The van der Waals surface area contributed by atoms with E-state index < -0.39 is 9.84 Å². The predicted molar refractivity (Wildman–Crippen MR) is 154 cm³/mol. The van der Waals surface area contributed by atoms with Gasteiger partial charge in [0.05, 0.1) is 10.6 Å². The molecule has 2 aromatic carbocycles. The summed E-state index contributed by atoms with van der Waals surface area (Å²) in [5.74, 6) is 0.432. The van der Waals surface area contributed by atoms with Crippen LogP contribution in [-0.4, -0.2) is 84.9 Å². The molecular formula is C28H32N8O3S. The van der Waals surface area contributed by atoms with Crippen LogP contribution in [0.5, 0.6) is 0 Å². The van der Waals surface area contributed by atoms with Gasteiger partial charge in [0, 0.05) is 68.9 Å². The molecule has 2 aliphatic heterocycles. The number of hydrogen-bond donors (Lipinski definition) is 2. The van der Waals surface area contributed by atoms with Crippen LogP contribution < -0.4 is 15.6 Å². The van der Waals surface area contributed by atoms with E-state index in [1.54, 1.807) is 16.6 Å². The van der Waals surface area contributed by atoms with Crippen LogP contribution in [0.15, 0.2) is 65.6 Å². The van der Waals surface area contributed by atoms with Crippen molar-refractivity contribution in [2.24, 2.45) is 0 Å². The maximum Gasteiger partial charge on any atom is 0.247 e. The van der Waals surface area contributed by atoms with Gasteiger partial charge in [0.1, 0.15) is 0 Å². The molecule has 40 heavy (non-hydrogen) atoms. The van der Waals surface area contributed by atoms with E-state index in [2.05, 4.69) is 32.6 Å². The highest BCUT2D eigenvalue weighted by Crippen LogP contribution is 2.29. The Morgan fingerprint density at radius 1 is 0.975 bits per heavy atom. The first kappa shape index (κ1) is 26.2. The van der Waals surface area contributed by atoms with Crippen molar-refractivity contribution in [2.75, 3.05) is 56.2 Å². The third kappa shape index (κ3) is 5.64. The number of hydrogen-bond acceptors (Lipinski definition) is 9. The summed E-state index contributed by atoms with van der Waals surface area (Å²) in [7, 11) is -1.33. The van der Waals surface area contributed by atoms with Crippen molar-refractivity contribution in [3.63, 3.8) is 0 Å². The van der Waals surface area contributed by atoms with E-state index in [0.29, 0.717) is 36.8 Å². The first-order valence-corrected chi connectivity index (χ1v) is 15.2. The van der Waals surface area contributed by atoms with Crippen LogP contribution in [0, 0.1) is 0 Å². The van der Waals surface area contributed by atoms with E-state index in [1.807, 2.05) is 53.5 Å². The van der Waals surface area contributed by atoms with Crippen LogP contribution >= 0.6 is 0 Å². The number of rotatable bonds is 7. The zero-order valence-corrected chi connectivity index (χ0v) is 23.4. The largest absolute Gasteiger partial charge is 0.369 e. The highest BCUT2D eigenvalue weighted by atomic mass is 32.2. The molecular weight excluding hydrogens is 528 g/mol. The van der Waals surface area contributed by atoms with Crippen molar-refractivity contribution in [3.8, 4) is 11.3 Å². The molecule has 208 valence electrons. The number of benzene rings is 2. The number of hydrazine groups is 1. The lowest BCUT2D eigenvalue weighted by Gasteiger charge is -2.34. The Morgan fingerprint density at radius 3 is 2.45 bits per heavy atom. The third-order valence-corrected chi connectivity index (χ3v) is 8.41. The summed E-state index contributed by atoms with van der Waals surface area (Å²) in [5.41, 5.74) is 7.96. The minimum Gasteiger partial charge on any atom is -0.369 e. The number of nitrogens with one attached hydrogen (secondary N) is 2. The molecule has 0 bridgehead atoms. The average Bonchev–Trinajstić information content (AvgIpc) is 3.53. The van der Waals surface area contributed by atoms with Crippen molar-refractivity contribution < 1.29 is 13.2 Å². The Balaban J connectivity index is 1.27. The van der Waals surface area contributed by atoms with Gasteiger partial charge in [0.25, 0.3) is 0 Å². The van der Waals surface area contributed by atoms with Crippen LogP contribution in [0.4, 0.5) is 17.3 Å². The second-order valence-corrected chi connectivity index (χ2v) is 12.4. The molecule has 0 atom stereocenters. The van der Waals surface area contributed by atoms with Gasteiger partial charge in [-0.2, -0.15) is 4.98 Å². The Bertz CT molecular complexity index is 1660. The molecule has 2 saturated heterocycles. The quantitative estimate of drug-likeness (QED) is 0.352. The molecule has 0 unspecified atom stereocenters. The number of anilines is 3. The highest BCUT2D eigenvalue weighted by molar-refractivity contribution is 7.90. The van der Waals surface area contributed by atoms with E-state index in [-0.39, 0.29) is 10.8 Å². The number of carbonyl (C=O) groups excluding carboxylic acids is 1.